The van der Waals surface area contributed by atoms with Crippen molar-refractivity contribution in [2.24, 2.45) is 0 Å². The number of aryl methyl sites for hydroxylation is 2. The summed E-state index contributed by atoms with van der Waals surface area (Å²) >= 11 is 28.5. The van der Waals surface area contributed by atoms with Crippen molar-refractivity contribution < 1.29 is 37.1 Å². The molecule has 0 bridgehead atoms. The fraction of sp³-hybridized carbons (Fsp3) is 0.286. The van der Waals surface area contributed by atoms with Gasteiger partial charge in [0.25, 0.3) is 29.5 Å². The van der Waals surface area contributed by atoms with Gasteiger partial charge in [0.15, 0.2) is 0 Å². The highest BCUT2D eigenvalue weighted by Crippen LogP contribution is 2.32. The van der Waals surface area contributed by atoms with Crippen molar-refractivity contribution in [1.82, 2.24) is 71.3 Å². The molecule has 5 aliphatic heterocycles. The SMILES string of the molecule is CC1CN(c2nc(Cc3ccc(Cl)cc3)ns2)CCN1C(=O)c1ccccc1F.CC1CN(c2nc(Cc3ccc(F)cc3)ns2)CCN1C(=O)c1ccccc1Cl.CCc1ccc(C(=O)N2CCN(c3nc(Cc4ccc(Cl)cc4)ns3)CC2)cc1.Cc1ccc(Cc2nsc(N3CCN(C(=O)c4ccc(Br)cc4)CC3)n2)cc1.O=C(c1ccc(F)cc1)N1CCN(c2nc(Cc3ccccc3)ns2)CC1. The molecule has 15 aromatic rings. The summed E-state index contributed by atoms with van der Waals surface area (Å²) in [6.07, 6.45) is 4.36. The predicted octanol–water partition coefficient (Wildman–Crippen LogP) is 20.2. The summed E-state index contributed by atoms with van der Waals surface area (Å²) in [4.78, 5) is 107. The Kier molecular flexibility index (Phi) is 35.7. The van der Waals surface area contributed by atoms with Crippen LogP contribution in [0.2, 0.25) is 15.1 Å². The molecular weight excluding hydrogens is 2020 g/mol. The van der Waals surface area contributed by atoms with E-state index in [-0.39, 0.29) is 58.8 Å². The van der Waals surface area contributed by atoms with Crippen LogP contribution in [0.3, 0.4) is 0 Å². The molecule has 0 aliphatic carbocycles. The molecule has 10 heterocycles. The first kappa shape index (κ1) is 102. The molecule has 37 heteroatoms. The Balaban J connectivity index is 0.000000128. The largest absolute Gasteiger partial charge is 0.343 e. The Morgan fingerprint density at radius 1 is 0.324 bits per heavy atom. The lowest BCUT2D eigenvalue weighted by Gasteiger charge is -2.39. The van der Waals surface area contributed by atoms with Gasteiger partial charge in [0.1, 0.15) is 46.6 Å². The van der Waals surface area contributed by atoms with Gasteiger partial charge in [-0.25, -0.2) is 38.1 Å². The zero-order chi connectivity index (χ0) is 99.1. The van der Waals surface area contributed by atoms with Crippen LogP contribution in [0.1, 0.15) is 141 Å². The zero-order valence-corrected chi connectivity index (χ0v) is 86.4. The Morgan fingerprint density at radius 2 is 0.613 bits per heavy atom. The zero-order valence-electron chi connectivity index (χ0n) is 78.5. The number of carbonyl (C=O) groups is 5. The van der Waals surface area contributed by atoms with E-state index in [4.69, 9.17) is 44.8 Å². The number of nitrogens with zero attached hydrogens (tertiary/aromatic N) is 20. The van der Waals surface area contributed by atoms with Gasteiger partial charge in [-0.05, 0) is 182 Å². The van der Waals surface area contributed by atoms with Crippen LogP contribution in [-0.4, -0.2) is 231 Å². The Hall–Kier alpha value is -12.5. The molecule has 2 atom stereocenters. The highest BCUT2D eigenvalue weighted by Gasteiger charge is 2.35. The predicted molar refractivity (Wildman–Crippen MR) is 564 cm³/mol. The minimum Gasteiger partial charge on any atom is -0.343 e. The van der Waals surface area contributed by atoms with Gasteiger partial charge in [0, 0.05) is 251 Å². The lowest BCUT2D eigenvalue weighted by molar-refractivity contribution is 0.0663. The van der Waals surface area contributed by atoms with E-state index < -0.39 is 5.82 Å². The molecule has 5 saturated heterocycles. The van der Waals surface area contributed by atoms with Crippen molar-refractivity contribution in [3.63, 3.8) is 0 Å². The van der Waals surface area contributed by atoms with Gasteiger partial charge in [-0.2, -0.15) is 21.9 Å². The topological polar surface area (TPSA) is 247 Å². The second-order valence-corrected chi connectivity index (χ2v) is 40.5. The average Bonchev–Trinajstić information content (AvgIpc) is 1.33. The number of anilines is 5. The normalized spacial score (nSPS) is 15.4. The first-order valence-electron chi connectivity index (χ1n) is 46.7. The number of halogens is 7. The number of carbonyl (C=O) groups excluding carboxylic acids is 5. The van der Waals surface area contributed by atoms with Gasteiger partial charge in [0.05, 0.1) is 16.1 Å². The number of rotatable bonds is 21. The van der Waals surface area contributed by atoms with Gasteiger partial charge in [0.2, 0.25) is 25.7 Å². The van der Waals surface area contributed by atoms with E-state index in [1.54, 1.807) is 46.2 Å². The Morgan fingerprint density at radius 3 is 0.972 bits per heavy atom. The van der Waals surface area contributed by atoms with Crippen LogP contribution in [0.15, 0.2) is 253 Å². The highest BCUT2D eigenvalue weighted by atomic mass is 79.9. The molecule has 0 spiro atoms. The number of benzene rings is 10. The molecule has 0 radical (unpaired) electrons. The van der Waals surface area contributed by atoms with E-state index in [1.807, 2.05) is 156 Å². The van der Waals surface area contributed by atoms with Crippen LogP contribution >= 0.6 is 108 Å². The summed E-state index contributed by atoms with van der Waals surface area (Å²) in [5.74, 6) is 2.75. The summed E-state index contributed by atoms with van der Waals surface area (Å²) in [6.45, 7) is 20.5. The van der Waals surface area contributed by atoms with Gasteiger partial charge < -0.3 is 49.0 Å². The van der Waals surface area contributed by atoms with Crippen molar-refractivity contribution in [2.75, 3.05) is 142 Å². The van der Waals surface area contributed by atoms with Crippen molar-refractivity contribution >= 4 is 164 Å². The molecule has 0 saturated carbocycles. The molecule has 20 rings (SSSR count). The number of aromatic nitrogens is 10. The van der Waals surface area contributed by atoms with E-state index in [1.165, 1.54) is 128 Å². The molecule has 142 heavy (non-hydrogen) atoms. The third kappa shape index (κ3) is 27.9. The highest BCUT2D eigenvalue weighted by molar-refractivity contribution is 9.10. The summed E-state index contributed by atoms with van der Waals surface area (Å²) in [5.41, 5.74) is 10.8. The van der Waals surface area contributed by atoms with E-state index in [0.717, 1.165) is 138 Å². The lowest BCUT2D eigenvalue weighted by Crippen LogP contribution is -2.54. The van der Waals surface area contributed by atoms with Crippen molar-refractivity contribution in [2.45, 2.75) is 78.3 Å². The minimum atomic E-state index is -0.483. The van der Waals surface area contributed by atoms with Crippen LogP contribution in [0.4, 0.5) is 38.8 Å². The quantitative estimate of drug-likeness (QED) is 0.0648. The van der Waals surface area contributed by atoms with Crippen LogP contribution in [0.5, 0.6) is 0 Å². The molecule has 0 N–H and O–H groups in total. The Bertz CT molecular complexity index is 6540. The van der Waals surface area contributed by atoms with Crippen molar-refractivity contribution in [3.8, 4) is 0 Å². The van der Waals surface area contributed by atoms with Crippen molar-refractivity contribution in [3.05, 3.63) is 382 Å². The maximum atomic E-state index is 14.0. The number of amides is 5. The maximum absolute atomic E-state index is 14.0. The standard InChI is InChI=1S/C22H23ClN4OS.C21H21BrN4OS.2C21H20ClFN4OS.C20H19FN4OS/c1-2-16-3-7-18(8-4-16)21(28)26-11-13-27(14-12-26)22-24-20(25-29-22)15-17-5-9-19(23)10-6-17;1-15-2-4-16(5-3-15)14-19-23-21(28-24-19)26-12-10-25(11-13-26)20(27)17-6-8-18(22)9-7-17;1-14-13-26(10-11-27(14)20(28)17-4-2-3-5-18(17)22)21-24-19(25-29-21)12-15-6-8-16(23)9-7-15;1-14-13-26(10-11-27(14)20(28)17-4-2-3-5-18(17)23)21-24-19(25-29-21)12-15-6-8-16(22)9-7-15;21-17-8-6-16(7-9-17)19(26)24-10-12-25(13-11-24)20-22-18(23-27-20)14-15-4-2-1-3-5-15/h3-10H,2,11-15H2,1H3;2-9H,10-14H2,1H3;2*2-9,14H,10-13H2,1H3;1-9H,10-14H2. The monoisotopic (exact) mass is 2120 g/mol. The molecule has 5 fully saturated rings. The smallest absolute Gasteiger partial charge is 0.257 e. The molecule has 10 aromatic carbocycles. The number of hydrogen-bond acceptors (Lipinski definition) is 25. The van der Waals surface area contributed by atoms with Crippen LogP contribution in [0.25, 0.3) is 0 Å². The van der Waals surface area contributed by atoms with Gasteiger partial charge in [-0.15, -0.1) is 0 Å². The van der Waals surface area contributed by atoms with Crippen LogP contribution in [-0.2, 0) is 38.5 Å². The van der Waals surface area contributed by atoms with E-state index in [2.05, 4.69) is 127 Å². The first-order chi connectivity index (χ1) is 68.9. The lowest BCUT2D eigenvalue weighted by atomic mass is 10.1. The van der Waals surface area contributed by atoms with Gasteiger partial charge >= 0.3 is 0 Å². The third-order valence-electron chi connectivity index (χ3n) is 24.6. The number of piperazine rings is 5. The molecule has 732 valence electrons. The fourth-order valence-electron chi connectivity index (χ4n) is 16.6. The maximum Gasteiger partial charge on any atom is 0.257 e. The average molecular weight is 2130 g/mol. The van der Waals surface area contributed by atoms with Crippen molar-refractivity contribution in [1.29, 1.82) is 0 Å². The van der Waals surface area contributed by atoms with Crippen LogP contribution < -0.4 is 24.5 Å². The first-order valence-corrected chi connectivity index (χ1v) is 52.5. The fourth-order valence-corrected chi connectivity index (χ4v) is 21.0. The van der Waals surface area contributed by atoms with Crippen LogP contribution in [0, 0.1) is 24.4 Å². The summed E-state index contributed by atoms with van der Waals surface area (Å²) in [6, 6.07) is 74.9. The van der Waals surface area contributed by atoms with Gasteiger partial charge in [-0.1, -0.05) is 191 Å². The molecule has 2 unspecified atom stereocenters. The molecule has 5 aliphatic rings. The minimum absolute atomic E-state index is 0.0250. The van der Waals surface area contributed by atoms with E-state index in [9.17, 15) is 37.1 Å². The second-order valence-electron chi connectivity index (χ2n) is 34.6. The molecule has 5 aromatic heterocycles. The third-order valence-corrected chi connectivity index (χ3v) is 30.1. The summed E-state index contributed by atoms with van der Waals surface area (Å²) in [5, 5.41) is 6.37. The molecular formula is C105H103BrCl3F3N20O5S5. The van der Waals surface area contributed by atoms with E-state index in [0.29, 0.717) is 132 Å². The number of hydrogen-bond donors (Lipinski definition) is 0. The second kappa shape index (κ2) is 49.5. The molecule has 25 nitrogen and oxygen atoms in total. The Labute approximate surface area is 867 Å². The summed E-state index contributed by atoms with van der Waals surface area (Å²) in [7, 11) is 0. The van der Waals surface area contributed by atoms with E-state index >= 15 is 0 Å². The van der Waals surface area contributed by atoms with Gasteiger partial charge in [-0.3, -0.25) is 24.0 Å². The summed E-state index contributed by atoms with van der Waals surface area (Å²) < 4.78 is 63.5. The molecule has 5 amide bonds.